The first-order chi connectivity index (χ1) is 5.61. The van der Waals surface area contributed by atoms with E-state index >= 15 is 0 Å². The molecule has 0 aliphatic rings. The highest BCUT2D eigenvalue weighted by Gasteiger charge is 2.10. The summed E-state index contributed by atoms with van der Waals surface area (Å²) < 4.78 is 0. The number of halogens is 1. The SMILES string of the molecule is C[C@@H](O)[C@H](N)c1ccc(Cl)cc1. The summed E-state index contributed by atoms with van der Waals surface area (Å²) >= 11 is 5.69. The molecule has 0 bridgehead atoms. The summed E-state index contributed by atoms with van der Waals surface area (Å²) in [5, 5.41) is 9.86. The number of nitrogens with two attached hydrogens (primary N) is 1. The average molecular weight is 186 g/mol. The Bertz CT molecular complexity index is 245. The van der Waals surface area contributed by atoms with Crippen LogP contribution in [0.5, 0.6) is 0 Å². The van der Waals surface area contributed by atoms with E-state index in [1.54, 1.807) is 19.1 Å². The molecule has 3 heteroatoms. The maximum absolute atomic E-state index is 9.19. The van der Waals surface area contributed by atoms with E-state index in [-0.39, 0.29) is 6.04 Å². The van der Waals surface area contributed by atoms with Gasteiger partial charge in [0.2, 0.25) is 0 Å². The van der Waals surface area contributed by atoms with E-state index in [4.69, 9.17) is 17.3 Å². The number of rotatable bonds is 2. The van der Waals surface area contributed by atoms with Gasteiger partial charge in [0.15, 0.2) is 0 Å². The minimum atomic E-state index is -0.536. The van der Waals surface area contributed by atoms with Crippen molar-refractivity contribution in [2.24, 2.45) is 5.73 Å². The van der Waals surface area contributed by atoms with Crippen LogP contribution in [-0.2, 0) is 0 Å². The van der Waals surface area contributed by atoms with Gasteiger partial charge in [-0.05, 0) is 24.6 Å². The second-order valence-corrected chi connectivity index (χ2v) is 3.25. The number of benzene rings is 1. The van der Waals surface area contributed by atoms with Gasteiger partial charge in [0, 0.05) is 5.02 Å². The van der Waals surface area contributed by atoms with Crippen LogP contribution in [0.4, 0.5) is 0 Å². The Morgan fingerprint density at radius 1 is 1.33 bits per heavy atom. The van der Waals surface area contributed by atoms with Crippen LogP contribution in [0.2, 0.25) is 5.02 Å². The van der Waals surface area contributed by atoms with Crippen LogP contribution >= 0.6 is 11.6 Å². The minimum absolute atomic E-state index is 0.331. The summed E-state index contributed by atoms with van der Waals surface area (Å²) in [5.74, 6) is 0. The largest absolute Gasteiger partial charge is 0.391 e. The molecule has 0 unspecified atom stereocenters. The first-order valence-corrected chi connectivity index (χ1v) is 4.18. The number of hydrogen-bond donors (Lipinski definition) is 2. The zero-order chi connectivity index (χ0) is 9.14. The van der Waals surface area contributed by atoms with Crippen LogP contribution in [-0.4, -0.2) is 11.2 Å². The van der Waals surface area contributed by atoms with Crippen LogP contribution in [0.3, 0.4) is 0 Å². The van der Waals surface area contributed by atoms with Crippen LogP contribution in [0.1, 0.15) is 18.5 Å². The molecular weight excluding hydrogens is 174 g/mol. The summed E-state index contributed by atoms with van der Waals surface area (Å²) in [6.45, 7) is 1.67. The number of hydrogen-bond acceptors (Lipinski definition) is 2. The molecule has 0 fully saturated rings. The van der Waals surface area contributed by atoms with Crippen molar-refractivity contribution in [1.29, 1.82) is 0 Å². The molecule has 1 rings (SSSR count). The predicted octanol–water partition coefficient (Wildman–Crippen LogP) is 1.72. The van der Waals surface area contributed by atoms with Crippen LogP contribution < -0.4 is 5.73 Å². The van der Waals surface area contributed by atoms with Crippen molar-refractivity contribution in [1.82, 2.24) is 0 Å². The molecule has 0 amide bonds. The van der Waals surface area contributed by atoms with Gasteiger partial charge in [0.25, 0.3) is 0 Å². The maximum Gasteiger partial charge on any atom is 0.0704 e. The van der Waals surface area contributed by atoms with Crippen molar-refractivity contribution in [3.05, 3.63) is 34.9 Å². The second kappa shape index (κ2) is 3.90. The van der Waals surface area contributed by atoms with Gasteiger partial charge in [-0.1, -0.05) is 23.7 Å². The Morgan fingerprint density at radius 2 is 1.83 bits per heavy atom. The summed E-state index contributed by atoms with van der Waals surface area (Å²) in [5.41, 5.74) is 6.59. The Hall–Kier alpha value is -0.570. The lowest BCUT2D eigenvalue weighted by molar-refractivity contribution is 0.164. The van der Waals surface area contributed by atoms with E-state index < -0.39 is 6.10 Å². The molecule has 0 heterocycles. The molecule has 0 saturated carbocycles. The van der Waals surface area contributed by atoms with Gasteiger partial charge in [-0.2, -0.15) is 0 Å². The molecule has 0 aliphatic heterocycles. The van der Waals surface area contributed by atoms with Crippen molar-refractivity contribution < 1.29 is 5.11 Å². The third-order valence-electron chi connectivity index (χ3n) is 1.77. The van der Waals surface area contributed by atoms with Gasteiger partial charge in [-0.25, -0.2) is 0 Å². The lowest BCUT2D eigenvalue weighted by Crippen LogP contribution is -2.22. The van der Waals surface area contributed by atoms with Crippen molar-refractivity contribution >= 4 is 11.6 Å². The van der Waals surface area contributed by atoms with E-state index in [0.29, 0.717) is 5.02 Å². The number of aliphatic hydroxyl groups excluding tert-OH is 1. The molecule has 0 aliphatic carbocycles. The first-order valence-electron chi connectivity index (χ1n) is 3.80. The van der Waals surface area contributed by atoms with Crippen molar-refractivity contribution in [2.75, 3.05) is 0 Å². The second-order valence-electron chi connectivity index (χ2n) is 2.82. The Balaban J connectivity index is 2.82. The summed E-state index contributed by atoms with van der Waals surface area (Å²) in [4.78, 5) is 0. The highest BCUT2D eigenvalue weighted by molar-refractivity contribution is 6.30. The van der Waals surface area contributed by atoms with E-state index in [9.17, 15) is 5.11 Å². The van der Waals surface area contributed by atoms with Crippen LogP contribution in [0, 0.1) is 0 Å². The monoisotopic (exact) mass is 185 g/mol. The zero-order valence-corrected chi connectivity index (χ0v) is 7.62. The fraction of sp³-hybridized carbons (Fsp3) is 0.333. The normalized spacial score (nSPS) is 15.7. The molecule has 2 atom stereocenters. The number of aliphatic hydroxyl groups is 1. The van der Waals surface area contributed by atoms with E-state index in [2.05, 4.69) is 0 Å². The minimum Gasteiger partial charge on any atom is -0.391 e. The van der Waals surface area contributed by atoms with Gasteiger partial charge < -0.3 is 10.8 Å². The van der Waals surface area contributed by atoms with E-state index in [0.717, 1.165) is 5.56 Å². The fourth-order valence-corrected chi connectivity index (χ4v) is 1.09. The van der Waals surface area contributed by atoms with Gasteiger partial charge >= 0.3 is 0 Å². The molecule has 0 radical (unpaired) electrons. The predicted molar refractivity (Wildman–Crippen MR) is 50.1 cm³/mol. The molecule has 1 aromatic rings. The van der Waals surface area contributed by atoms with Crippen molar-refractivity contribution in [3.8, 4) is 0 Å². The summed E-state index contributed by atoms with van der Waals surface area (Å²) in [7, 11) is 0. The van der Waals surface area contributed by atoms with Crippen molar-refractivity contribution in [2.45, 2.75) is 19.1 Å². The standard InChI is InChI=1S/C9H12ClNO/c1-6(12)9(11)7-2-4-8(10)5-3-7/h2-6,9,12H,11H2,1H3/t6-,9+/m1/s1. The molecule has 3 N–H and O–H groups in total. The highest BCUT2D eigenvalue weighted by atomic mass is 35.5. The third kappa shape index (κ3) is 2.21. The lowest BCUT2D eigenvalue weighted by atomic mass is 10.0. The molecule has 0 saturated heterocycles. The van der Waals surface area contributed by atoms with Crippen LogP contribution in [0.15, 0.2) is 24.3 Å². The Kier molecular flexibility index (Phi) is 3.09. The van der Waals surface area contributed by atoms with Gasteiger partial charge in [-0.15, -0.1) is 0 Å². The molecule has 2 nitrogen and oxygen atoms in total. The zero-order valence-electron chi connectivity index (χ0n) is 6.87. The van der Waals surface area contributed by atoms with Crippen molar-refractivity contribution in [3.63, 3.8) is 0 Å². The fourth-order valence-electron chi connectivity index (χ4n) is 0.964. The molecular formula is C9H12ClNO. The Morgan fingerprint density at radius 3 is 2.25 bits per heavy atom. The smallest absolute Gasteiger partial charge is 0.0704 e. The first kappa shape index (κ1) is 9.52. The summed E-state index contributed by atoms with van der Waals surface area (Å²) in [6.07, 6.45) is -0.536. The highest BCUT2D eigenvalue weighted by Crippen LogP contribution is 2.16. The molecule has 12 heavy (non-hydrogen) atoms. The van der Waals surface area contributed by atoms with Gasteiger partial charge in [0.05, 0.1) is 12.1 Å². The van der Waals surface area contributed by atoms with Gasteiger partial charge in [-0.3, -0.25) is 0 Å². The topological polar surface area (TPSA) is 46.2 Å². The quantitative estimate of drug-likeness (QED) is 0.737. The maximum atomic E-state index is 9.19. The molecule has 0 spiro atoms. The molecule has 0 aromatic heterocycles. The summed E-state index contributed by atoms with van der Waals surface area (Å²) in [6, 6.07) is 6.83. The lowest BCUT2D eigenvalue weighted by Gasteiger charge is -2.14. The third-order valence-corrected chi connectivity index (χ3v) is 2.03. The van der Waals surface area contributed by atoms with E-state index in [1.807, 2.05) is 12.1 Å². The van der Waals surface area contributed by atoms with E-state index in [1.165, 1.54) is 0 Å². The van der Waals surface area contributed by atoms with Gasteiger partial charge in [0.1, 0.15) is 0 Å². The van der Waals surface area contributed by atoms with Crippen LogP contribution in [0.25, 0.3) is 0 Å². The molecule has 1 aromatic carbocycles. The molecule has 66 valence electrons. The Labute approximate surface area is 77.0 Å². The average Bonchev–Trinajstić information content (AvgIpc) is 2.04.